The van der Waals surface area contributed by atoms with E-state index in [9.17, 15) is 4.39 Å². The Balaban J connectivity index is 1.95. The minimum Gasteiger partial charge on any atom is -0.356 e. The summed E-state index contributed by atoms with van der Waals surface area (Å²) in [5.41, 5.74) is 1.57. The lowest BCUT2D eigenvalue weighted by Crippen LogP contribution is -2.19. The van der Waals surface area contributed by atoms with E-state index >= 15 is 0 Å². The maximum atomic E-state index is 13.2. The molecule has 0 bridgehead atoms. The van der Waals surface area contributed by atoms with E-state index in [1.54, 1.807) is 12.4 Å². The van der Waals surface area contributed by atoms with Crippen LogP contribution in [0.15, 0.2) is 30.7 Å². The number of hydrogen-bond donors (Lipinski definition) is 0. The third-order valence-corrected chi connectivity index (χ3v) is 3.10. The van der Waals surface area contributed by atoms with Crippen LogP contribution in [0.1, 0.15) is 25.5 Å². The van der Waals surface area contributed by atoms with E-state index in [0.29, 0.717) is 0 Å². The van der Waals surface area contributed by atoms with Gasteiger partial charge >= 0.3 is 0 Å². The summed E-state index contributed by atoms with van der Waals surface area (Å²) in [6.07, 6.45) is 7.66. The van der Waals surface area contributed by atoms with Crippen LogP contribution in [0, 0.1) is 5.82 Å². The summed E-state index contributed by atoms with van der Waals surface area (Å²) in [5.74, 6) is -0.343. The fraction of sp³-hybridized carbons (Fsp3) is 0.385. The lowest BCUT2D eigenvalue weighted by molar-refractivity contribution is -0.0383. The molecule has 3 heterocycles. The first kappa shape index (κ1) is 11.3. The van der Waals surface area contributed by atoms with Crippen LogP contribution in [0.5, 0.6) is 0 Å². The van der Waals surface area contributed by atoms with Gasteiger partial charge in [0, 0.05) is 24.6 Å². The van der Waals surface area contributed by atoms with Crippen molar-refractivity contribution in [2.75, 3.05) is 6.61 Å². The van der Waals surface area contributed by atoms with Crippen LogP contribution in [-0.4, -0.2) is 21.4 Å². The van der Waals surface area contributed by atoms with Gasteiger partial charge in [-0.3, -0.25) is 4.98 Å². The summed E-state index contributed by atoms with van der Waals surface area (Å²) in [5, 5.41) is 4.29. The molecule has 0 radical (unpaired) electrons. The zero-order chi connectivity index (χ0) is 12.4. The van der Waals surface area contributed by atoms with Crippen LogP contribution in [0.3, 0.4) is 0 Å². The van der Waals surface area contributed by atoms with Crippen LogP contribution in [0.4, 0.5) is 4.39 Å². The molecule has 1 fully saturated rings. The fourth-order valence-electron chi connectivity index (χ4n) is 2.24. The summed E-state index contributed by atoms with van der Waals surface area (Å²) in [4.78, 5) is 3.87. The molecule has 1 atom stereocenters. The Hall–Kier alpha value is -1.75. The van der Waals surface area contributed by atoms with Gasteiger partial charge in [0.2, 0.25) is 0 Å². The van der Waals surface area contributed by atoms with Gasteiger partial charge in [0.15, 0.2) is 6.23 Å². The molecule has 0 aromatic carbocycles. The number of halogens is 1. The van der Waals surface area contributed by atoms with Crippen molar-refractivity contribution in [3.63, 3.8) is 0 Å². The number of rotatable bonds is 2. The Bertz CT molecular complexity index is 535. The van der Waals surface area contributed by atoms with Crippen molar-refractivity contribution >= 4 is 0 Å². The molecule has 0 N–H and O–H groups in total. The standard InChI is InChI=1S/C13H14FN3O/c14-11-7-10(8-15-9-11)12-4-5-16-17(12)13-3-1-2-6-18-13/h4-5,7-9,13H,1-3,6H2. The largest absolute Gasteiger partial charge is 0.356 e. The predicted molar refractivity (Wildman–Crippen MR) is 64.3 cm³/mol. The topological polar surface area (TPSA) is 39.9 Å². The molecule has 1 saturated heterocycles. The highest BCUT2D eigenvalue weighted by molar-refractivity contribution is 5.57. The first-order valence-corrected chi connectivity index (χ1v) is 6.10. The quantitative estimate of drug-likeness (QED) is 0.819. The monoisotopic (exact) mass is 247 g/mol. The van der Waals surface area contributed by atoms with E-state index in [2.05, 4.69) is 10.1 Å². The number of nitrogens with zero attached hydrogens (tertiary/aromatic N) is 3. The van der Waals surface area contributed by atoms with Gasteiger partial charge in [0.05, 0.1) is 11.9 Å². The second-order valence-electron chi connectivity index (χ2n) is 4.37. The van der Waals surface area contributed by atoms with Gasteiger partial charge in [-0.2, -0.15) is 5.10 Å². The van der Waals surface area contributed by atoms with Gasteiger partial charge in [-0.1, -0.05) is 0 Å². The van der Waals surface area contributed by atoms with E-state index in [1.807, 2.05) is 10.7 Å². The van der Waals surface area contributed by atoms with E-state index in [0.717, 1.165) is 37.1 Å². The molecule has 0 spiro atoms. The second kappa shape index (κ2) is 4.86. The zero-order valence-electron chi connectivity index (χ0n) is 9.92. The van der Waals surface area contributed by atoms with Crippen molar-refractivity contribution in [1.82, 2.24) is 14.8 Å². The third kappa shape index (κ3) is 2.13. The molecule has 1 unspecified atom stereocenters. The van der Waals surface area contributed by atoms with Crippen molar-refractivity contribution in [1.29, 1.82) is 0 Å². The molecule has 18 heavy (non-hydrogen) atoms. The Morgan fingerprint density at radius 1 is 1.33 bits per heavy atom. The lowest BCUT2D eigenvalue weighted by atomic mass is 10.1. The normalized spacial score (nSPS) is 19.9. The van der Waals surface area contributed by atoms with E-state index in [-0.39, 0.29) is 12.0 Å². The second-order valence-corrected chi connectivity index (χ2v) is 4.37. The molecule has 0 aliphatic carbocycles. The van der Waals surface area contributed by atoms with Crippen LogP contribution in [-0.2, 0) is 4.74 Å². The van der Waals surface area contributed by atoms with Gasteiger partial charge in [0.25, 0.3) is 0 Å². The van der Waals surface area contributed by atoms with E-state index in [4.69, 9.17) is 4.74 Å². The molecule has 4 nitrogen and oxygen atoms in total. The number of pyridine rings is 1. The Morgan fingerprint density at radius 3 is 3.06 bits per heavy atom. The average molecular weight is 247 g/mol. The average Bonchev–Trinajstić information content (AvgIpc) is 2.89. The molecule has 1 aliphatic heterocycles. The Labute approximate surface area is 104 Å². The fourth-order valence-corrected chi connectivity index (χ4v) is 2.24. The summed E-state index contributed by atoms with van der Waals surface area (Å²) in [6.45, 7) is 0.755. The van der Waals surface area contributed by atoms with Crippen LogP contribution in [0.2, 0.25) is 0 Å². The minimum absolute atomic E-state index is 0.0491. The zero-order valence-corrected chi connectivity index (χ0v) is 9.92. The molecule has 2 aromatic rings. The van der Waals surface area contributed by atoms with Crippen LogP contribution >= 0.6 is 0 Å². The van der Waals surface area contributed by atoms with Crippen molar-refractivity contribution in [2.24, 2.45) is 0 Å². The maximum absolute atomic E-state index is 13.2. The van der Waals surface area contributed by atoms with Crippen molar-refractivity contribution in [2.45, 2.75) is 25.5 Å². The molecule has 1 aliphatic rings. The van der Waals surface area contributed by atoms with Crippen LogP contribution < -0.4 is 0 Å². The molecular formula is C13H14FN3O. The van der Waals surface area contributed by atoms with Gasteiger partial charge in [-0.25, -0.2) is 9.07 Å². The highest BCUT2D eigenvalue weighted by atomic mass is 19.1. The Morgan fingerprint density at radius 2 is 2.28 bits per heavy atom. The van der Waals surface area contributed by atoms with Crippen molar-refractivity contribution < 1.29 is 9.13 Å². The summed E-state index contributed by atoms with van der Waals surface area (Å²) in [7, 11) is 0. The SMILES string of the molecule is Fc1cncc(-c2ccnn2C2CCCCO2)c1. The molecule has 0 amide bonds. The lowest BCUT2D eigenvalue weighted by Gasteiger charge is -2.24. The maximum Gasteiger partial charge on any atom is 0.150 e. The van der Waals surface area contributed by atoms with Gasteiger partial charge in [0.1, 0.15) is 5.82 Å². The summed E-state index contributed by atoms with van der Waals surface area (Å²) in [6, 6.07) is 3.32. The third-order valence-electron chi connectivity index (χ3n) is 3.10. The number of aromatic nitrogens is 3. The van der Waals surface area contributed by atoms with Gasteiger partial charge in [-0.05, 0) is 31.4 Å². The summed E-state index contributed by atoms with van der Waals surface area (Å²) >= 11 is 0. The molecule has 2 aromatic heterocycles. The van der Waals surface area contributed by atoms with E-state index < -0.39 is 0 Å². The number of ether oxygens (including phenoxy) is 1. The van der Waals surface area contributed by atoms with Crippen molar-refractivity contribution in [3.05, 3.63) is 36.5 Å². The Kier molecular flexibility index (Phi) is 3.06. The first-order chi connectivity index (χ1) is 8.84. The highest BCUT2D eigenvalue weighted by Gasteiger charge is 2.19. The highest BCUT2D eigenvalue weighted by Crippen LogP contribution is 2.27. The molecule has 94 valence electrons. The minimum atomic E-state index is -0.343. The first-order valence-electron chi connectivity index (χ1n) is 6.10. The van der Waals surface area contributed by atoms with Gasteiger partial charge in [-0.15, -0.1) is 0 Å². The van der Waals surface area contributed by atoms with E-state index in [1.165, 1.54) is 12.3 Å². The molecular weight excluding hydrogens is 233 g/mol. The van der Waals surface area contributed by atoms with Crippen molar-refractivity contribution in [3.8, 4) is 11.3 Å². The molecule has 5 heteroatoms. The van der Waals surface area contributed by atoms with Gasteiger partial charge < -0.3 is 4.74 Å². The van der Waals surface area contributed by atoms with Crippen LogP contribution in [0.25, 0.3) is 11.3 Å². The number of hydrogen-bond acceptors (Lipinski definition) is 3. The smallest absolute Gasteiger partial charge is 0.150 e. The predicted octanol–water partition coefficient (Wildman–Crippen LogP) is 2.78. The molecule has 3 rings (SSSR count). The summed E-state index contributed by atoms with van der Waals surface area (Å²) < 4.78 is 20.7. The molecule has 0 saturated carbocycles.